The lowest BCUT2D eigenvalue weighted by Crippen LogP contribution is -2.40. The number of hydrogen-bond donors (Lipinski definition) is 2. The van der Waals surface area contributed by atoms with Gasteiger partial charge in [0, 0.05) is 25.2 Å². The molecule has 1 unspecified atom stereocenters. The van der Waals surface area contributed by atoms with E-state index in [1.807, 2.05) is 18.2 Å². The van der Waals surface area contributed by atoms with Crippen LogP contribution in [0.5, 0.6) is 0 Å². The van der Waals surface area contributed by atoms with Crippen molar-refractivity contribution in [2.45, 2.75) is 19.4 Å². The molecule has 17 heavy (non-hydrogen) atoms. The van der Waals surface area contributed by atoms with Crippen LogP contribution in [-0.4, -0.2) is 34.0 Å². The highest BCUT2D eigenvalue weighted by molar-refractivity contribution is 5.82. The van der Waals surface area contributed by atoms with E-state index in [1.165, 1.54) is 0 Å². The third-order valence-electron chi connectivity index (χ3n) is 3.15. The molecule has 0 saturated carbocycles. The number of oxime groups is 1. The average Bonchev–Trinajstić information content (AvgIpc) is 2.39. The minimum absolute atomic E-state index is 0.164. The van der Waals surface area contributed by atoms with Gasteiger partial charge in [0.1, 0.15) is 5.84 Å². The number of nitrogens with zero attached hydrogens (tertiary/aromatic N) is 3. The minimum Gasteiger partial charge on any atom is -0.409 e. The Balaban J connectivity index is 1.94. The lowest BCUT2D eigenvalue weighted by molar-refractivity contribution is 0.191. The summed E-state index contributed by atoms with van der Waals surface area (Å²) in [6.07, 6.45) is 3.88. The average molecular weight is 234 g/mol. The Morgan fingerprint density at radius 1 is 1.59 bits per heavy atom. The van der Waals surface area contributed by atoms with Gasteiger partial charge in [0.15, 0.2) is 0 Å². The first-order valence-corrected chi connectivity index (χ1v) is 5.89. The van der Waals surface area contributed by atoms with E-state index < -0.39 is 0 Å². The van der Waals surface area contributed by atoms with Crippen molar-refractivity contribution in [3.63, 3.8) is 0 Å². The number of rotatable bonds is 3. The van der Waals surface area contributed by atoms with Gasteiger partial charge in [0.2, 0.25) is 0 Å². The van der Waals surface area contributed by atoms with E-state index in [9.17, 15) is 0 Å². The second-order valence-electron chi connectivity index (χ2n) is 4.42. The molecule has 1 fully saturated rings. The first-order chi connectivity index (χ1) is 8.29. The van der Waals surface area contributed by atoms with E-state index in [1.54, 1.807) is 6.20 Å². The molecule has 2 heterocycles. The lowest BCUT2D eigenvalue weighted by atomic mass is 9.97. The Labute approximate surface area is 101 Å². The zero-order chi connectivity index (χ0) is 12.1. The topological polar surface area (TPSA) is 74.7 Å². The molecule has 5 heteroatoms. The van der Waals surface area contributed by atoms with Crippen molar-refractivity contribution in [1.82, 2.24) is 9.88 Å². The highest BCUT2D eigenvalue weighted by Gasteiger charge is 2.23. The van der Waals surface area contributed by atoms with Crippen LogP contribution in [0.2, 0.25) is 0 Å². The summed E-state index contributed by atoms with van der Waals surface area (Å²) in [4.78, 5) is 6.61. The third kappa shape index (κ3) is 3.17. The first kappa shape index (κ1) is 11.9. The highest BCUT2D eigenvalue weighted by atomic mass is 16.4. The van der Waals surface area contributed by atoms with Crippen molar-refractivity contribution < 1.29 is 5.21 Å². The fraction of sp³-hybridized carbons (Fsp3) is 0.500. The molecule has 92 valence electrons. The fourth-order valence-electron chi connectivity index (χ4n) is 2.24. The molecule has 5 nitrogen and oxygen atoms in total. The molecule has 2 rings (SSSR count). The number of nitrogens with two attached hydrogens (primary N) is 1. The molecule has 0 aromatic carbocycles. The Bertz CT molecular complexity index is 379. The van der Waals surface area contributed by atoms with Crippen molar-refractivity contribution in [2.24, 2.45) is 16.8 Å². The van der Waals surface area contributed by atoms with E-state index in [4.69, 9.17) is 10.9 Å². The van der Waals surface area contributed by atoms with Crippen LogP contribution < -0.4 is 5.73 Å². The van der Waals surface area contributed by atoms with E-state index in [0.29, 0.717) is 5.84 Å². The Kier molecular flexibility index (Phi) is 3.93. The van der Waals surface area contributed by atoms with Gasteiger partial charge in [-0.15, -0.1) is 0 Å². The second-order valence-corrected chi connectivity index (χ2v) is 4.42. The molecule has 0 amide bonds. The van der Waals surface area contributed by atoms with Gasteiger partial charge in [-0.05, 0) is 31.5 Å². The molecule has 1 aliphatic heterocycles. The predicted molar refractivity (Wildman–Crippen MR) is 65.6 cm³/mol. The summed E-state index contributed by atoms with van der Waals surface area (Å²) in [6.45, 7) is 2.72. The fourth-order valence-corrected chi connectivity index (χ4v) is 2.24. The number of pyridine rings is 1. The summed E-state index contributed by atoms with van der Waals surface area (Å²) in [7, 11) is 0. The van der Waals surface area contributed by atoms with E-state index in [-0.39, 0.29) is 5.92 Å². The largest absolute Gasteiger partial charge is 0.409 e. The summed E-state index contributed by atoms with van der Waals surface area (Å²) in [5.74, 6) is 0.508. The summed E-state index contributed by atoms with van der Waals surface area (Å²) >= 11 is 0. The predicted octanol–water partition coefficient (Wildman–Crippen LogP) is 1.04. The van der Waals surface area contributed by atoms with Crippen LogP contribution in [0, 0.1) is 5.92 Å². The minimum atomic E-state index is 0.164. The number of piperidine rings is 1. The Hall–Kier alpha value is -1.62. The second kappa shape index (κ2) is 5.63. The lowest BCUT2D eigenvalue weighted by Gasteiger charge is -2.31. The van der Waals surface area contributed by atoms with Crippen LogP contribution >= 0.6 is 0 Å². The smallest absolute Gasteiger partial charge is 0.143 e. The summed E-state index contributed by atoms with van der Waals surface area (Å²) < 4.78 is 0. The SMILES string of the molecule is NC(=NO)C1CCCN(Cc2ccccn2)C1. The molecule has 1 aromatic rings. The summed E-state index contributed by atoms with van der Waals surface area (Å²) in [5, 5.41) is 11.8. The zero-order valence-electron chi connectivity index (χ0n) is 9.79. The molecule has 1 saturated heterocycles. The number of amidine groups is 1. The van der Waals surface area contributed by atoms with Crippen LogP contribution in [0.15, 0.2) is 29.6 Å². The van der Waals surface area contributed by atoms with Crippen LogP contribution in [0.1, 0.15) is 18.5 Å². The van der Waals surface area contributed by atoms with Crippen molar-refractivity contribution in [2.75, 3.05) is 13.1 Å². The number of hydrogen-bond acceptors (Lipinski definition) is 4. The quantitative estimate of drug-likeness (QED) is 0.355. The van der Waals surface area contributed by atoms with Crippen LogP contribution in [0.25, 0.3) is 0 Å². The van der Waals surface area contributed by atoms with Gasteiger partial charge in [-0.2, -0.15) is 0 Å². The molecule has 0 spiro atoms. The maximum atomic E-state index is 8.70. The van der Waals surface area contributed by atoms with Gasteiger partial charge in [-0.3, -0.25) is 9.88 Å². The van der Waals surface area contributed by atoms with E-state index in [2.05, 4.69) is 15.0 Å². The van der Waals surface area contributed by atoms with Gasteiger partial charge in [-0.1, -0.05) is 11.2 Å². The van der Waals surface area contributed by atoms with Crippen LogP contribution in [0.3, 0.4) is 0 Å². The number of likely N-dealkylation sites (tertiary alicyclic amines) is 1. The zero-order valence-corrected chi connectivity index (χ0v) is 9.79. The van der Waals surface area contributed by atoms with Gasteiger partial charge in [-0.25, -0.2) is 0 Å². The van der Waals surface area contributed by atoms with Crippen LogP contribution in [-0.2, 0) is 6.54 Å². The van der Waals surface area contributed by atoms with Crippen LogP contribution in [0.4, 0.5) is 0 Å². The molecule has 0 bridgehead atoms. The van der Waals surface area contributed by atoms with Crippen molar-refractivity contribution in [3.8, 4) is 0 Å². The van der Waals surface area contributed by atoms with Gasteiger partial charge < -0.3 is 10.9 Å². The molecule has 3 N–H and O–H groups in total. The molecule has 1 aliphatic rings. The van der Waals surface area contributed by atoms with E-state index >= 15 is 0 Å². The van der Waals surface area contributed by atoms with Gasteiger partial charge >= 0.3 is 0 Å². The molecular weight excluding hydrogens is 216 g/mol. The molecule has 1 atom stereocenters. The van der Waals surface area contributed by atoms with E-state index in [0.717, 1.165) is 38.2 Å². The van der Waals surface area contributed by atoms with Crippen molar-refractivity contribution >= 4 is 5.84 Å². The number of aromatic nitrogens is 1. The standard InChI is InChI=1S/C12H18N4O/c13-12(15-17)10-4-3-7-16(8-10)9-11-5-1-2-6-14-11/h1-2,5-6,10,17H,3-4,7-9H2,(H2,13,15). The summed E-state index contributed by atoms with van der Waals surface area (Å²) in [6, 6.07) is 5.93. The van der Waals surface area contributed by atoms with Crippen molar-refractivity contribution in [3.05, 3.63) is 30.1 Å². The highest BCUT2D eigenvalue weighted by Crippen LogP contribution is 2.18. The third-order valence-corrected chi connectivity index (χ3v) is 3.15. The maximum Gasteiger partial charge on any atom is 0.143 e. The Morgan fingerprint density at radius 2 is 2.47 bits per heavy atom. The monoisotopic (exact) mass is 234 g/mol. The first-order valence-electron chi connectivity index (χ1n) is 5.89. The molecule has 1 aromatic heterocycles. The van der Waals surface area contributed by atoms with Gasteiger partial charge in [0.05, 0.1) is 5.69 Å². The van der Waals surface area contributed by atoms with Crippen molar-refractivity contribution in [1.29, 1.82) is 0 Å². The molecule has 0 aliphatic carbocycles. The maximum absolute atomic E-state index is 8.70. The Morgan fingerprint density at radius 3 is 3.18 bits per heavy atom. The normalized spacial score (nSPS) is 22.6. The van der Waals surface area contributed by atoms with Gasteiger partial charge in [0.25, 0.3) is 0 Å². The molecular formula is C12H18N4O. The summed E-state index contributed by atoms with van der Waals surface area (Å²) in [5.41, 5.74) is 6.72. The molecule has 0 radical (unpaired) electrons.